The van der Waals surface area contributed by atoms with Crippen molar-refractivity contribution in [2.45, 2.75) is 20.3 Å². The fourth-order valence-electron chi connectivity index (χ4n) is 2.07. The van der Waals surface area contributed by atoms with Gasteiger partial charge in [-0.2, -0.15) is 0 Å². The zero-order valence-corrected chi connectivity index (χ0v) is 12.8. The maximum atomic E-state index is 12.1. The minimum atomic E-state index is -0.428. The molecule has 1 aromatic rings. The molecule has 0 aliphatic heterocycles. The van der Waals surface area contributed by atoms with E-state index < -0.39 is 5.97 Å². The number of esters is 1. The largest absolute Gasteiger partial charge is 0.465 e. The van der Waals surface area contributed by atoms with Crippen molar-refractivity contribution >= 4 is 11.9 Å². The van der Waals surface area contributed by atoms with E-state index in [1.54, 1.807) is 13.8 Å². The highest BCUT2D eigenvalue weighted by Gasteiger charge is 2.22. The van der Waals surface area contributed by atoms with E-state index in [0.717, 1.165) is 13.0 Å². The van der Waals surface area contributed by atoms with Gasteiger partial charge in [-0.25, -0.2) is 4.79 Å². The van der Waals surface area contributed by atoms with Gasteiger partial charge in [-0.15, -0.1) is 0 Å². The molecule has 0 fully saturated rings. The summed E-state index contributed by atoms with van der Waals surface area (Å²) in [5.41, 5.74) is 2.13. The van der Waals surface area contributed by atoms with Crippen LogP contribution in [0.4, 0.5) is 0 Å². The summed E-state index contributed by atoms with van der Waals surface area (Å²) in [4.78, 5) is 28.7. The molecule has 2 N–H and O–H groups in total. The van der Waals surface area contributed by atoms with Gasteiger partial charge >= 0.3 is 5.97 Å². The highest BCUT2D eigenvalue weighted by molar-refractivity contribution is 6.00. The van der Waals surface area contributed by atoms with Crippen LogP contribution in [0.15, 0.2) is 0 Å². The first kappa shape index (κ1) is 16.2. The predicted octanol–water partition coefficient (Wildman–Crippen LogP) is 1.10. The number of amides is 1. The molecule has 1 aromatic heterocycles. The van der Waals surface area contributed by atoms with Gasteiger partial charge in [-0.1, -0.05) is 0 Å². The van der Waals surface area contributed by atoms with Crippen LogP contribution < -0.4 is 5.32 Å². The lowest BCUT2D eigenvalue weighted by Gasteiger charge is -2.09. The normalized spacial score (nSPS) is 10.7. The van der Waals surface area contributed by atoms with Gasteiger partial charge in [-0.3, -0.25) is 4.79 Å². The van der Waals surface area contributed by atoms with E-state index in [4.69, 9.17) is 4.74 Å². The van der Waals surface area contributed by atoms with Gasteiger partial charge in [0.25, 0.3) is 5.91 Å². The molecule has 0 unspecified atom stereocenters. The molecule has 0 aromatic carbocycles. The van der Waals surface area contributed by atoms with Gasteiger partial charge in [-0.05, 0) is 46.5 Å². The standard InChI is InChI=1S/C14H23N3O3/c1-9-11(14(19)20-5)10(2)16-12(9)13(18)15-7-6-8-17(3)4/h16H,6-8H2,1-5H3,(H,15,18). The Hall–Kier alpha value is -1.82. The minimum Gasteiger partial charge on any atom is -0.465 e. The van der Waals surface area contributed by atoms with Crippen LogP contribution in [0.25, 0.3) is 0 Å². The van der Waals surface area contributed by atoms with E-state index in [9.17, 15) is 9.59 Å². The lowest BCUT2D eigenvalue weighted by Crippen LogP contribution is -2.27. The van der Waals surface area contributed by atoms with Crippen LogP contribution in [0.5, 0.6) is 0 Å². The summed E-state index contributed by atoms with van der Waals surface area (Å²) >= 11 is 0. The van der Waals surface area contributed by atoms with Crippen molar-refractivity contribution in [2.24, 2.45) is 0 Å². The predicted molar refractivity (Wildman–Crippen MR) is 77.1 cm³/mol. The van der Waals surface area contributed by atoms with Gasteiger partial charge in [0.2, 0.25) is 0 Å². The maximum absolute atomic E-state index is 12.1. The van der Waals surface area contributed by atoms with Crippen LogP contribution in [0, 0.1) is 13.8 Å². The average molecular weight is 281 g/mol. The Kier molecular flexibility index (Phi) is 5.76. The molecule has 6 heteroatoms. The molecule has 1 rings (SSSR count). The number of aromatic nitrogens is 1. The lowest BCUT2D eigenvalue weighted by atomic mass is 10.1. The molecule has 112 valence electrons. The van der Waals surface area contributed by atoms with Gasteiger partial charge in [0.15, 0.2) is 0 Å². The smallest absolute Gasteiger partial charge is 0.339 e. The number of aryl methyl sites for hydroxylation is 1. The van der Waals surface area contributed by atoms with Gasteiger partial charge < -0.3 is 19.9 Å². The molecular weight excluding hydrogens is 258 g/mol. The van der Waals surface area contributed by atoms with E-state index in [0.29, 0.717) is 29.1 Å². The molecule has 1 heterocycles. The van der Waals surface area contributed by atoms with Crippen molar-refractivity contribution in [3.8, 4) is 0 Å². The number of methoxy groups -OCH3 is 1. The maximum Gasteiger partial charge on any atom is 0.339 e. The Labute approximate surface area is 119 Å². The number of carbonyl (C=O) groups excluding carboxylic acids is 2. The van der Waals surface area contributed by atoms with Crippen molar-refractivity contribution in [1.82, 2.24) is 15.2 Å². The Balaban J connectivity index is 2.72. The Morgan fingerprint density at radius 3 is 2.50 bits per heavy atom. The zero-order valence-electron chi connectivity index (χ0n) is 12.8. The number of nitrogens with zero attached hydrogens (tertiary/aromatic N) is 1. The van der Waals surface area contributed by atoms with Gasteiger partial charge in [0.05, 0.1) is 12.7 Å². The molecule has 0 saturated carbocycles. The second-order valence-corrected chi connectivity index (χ2v) is 5.03. The second-order valence-electron chi connectivity index (χ2n) is 5.03. The average Bonchev–Trinajstić information content (AvgIpc) is 2.69. The van der Waals surface area contributed by atoms with E-state index >= 15 is 0 Å². The third-order valence-electron chi connectivity index (χ3n) is 3.12. The Morgan fingerprint density at radius 1 is 1.30 bits per heavy atom. The highest BCUT2D eigenvalue weighted by Crippen LogP contribution is 2.18. The van der Waals surface area contributed by atoms with E-state index in [1.807, 2.05) is 14.1 Å². The highest BCUT2D eigenvalue weighted by atomic mass is 16.5. The lowest BCUT2D eigenvalue weighted by molar-refractivity contribution is 0.0599. The number of H-pyrrole nitrogens is 1. The van der Waals surface area contributed by atoms with Crippen molar-refractivity contribution in [2.75, 3.05) is 34.3 Å². The minimum absolute atomic E-state index is 0.195. The Morgan fingerprint density at radius 2 is 1.95 bits per heavy atom. The number of rotatable bonds is 6. The number of nitrogens with one attached hydrogen (secondary N) is 2. The molecule has 20 heavy (non-hydrogen) atoms. The van der Waals surface area contributed by atoms with Crippen molar-refractivity contribution in [3.05, 3.63) is 22.5 Å². The molecular formula is C14H23N3O3. The molecule has 0 aliphatic rings. The van der Waals surface area contributed by atoms with Crippen molar-refractivity contribution in [3.63, 3.8) is 0 Å². The van der Waals surface area contributed by atoms with Crippen LogP contribution in [-0.2, 0) is 4.74 Å². The van der Waals surface area contributed by atoms with Crippen LogP contribution in [0.1, 0.15) is 38.5 Å². The van der Waals surface area contributed by atoms with Gasteiger partial charge in [0.1, 0.15) is 5.69 Å². The molecule has 0 saturated heterocycles. The first-order chi connectivity index (χ1) is 9.38. The number of aromatic amines is 1. The summed E-state index contributed by atoms with van der Waals surface area (Å²) in [6.45, 7) is 5.01. The molecule has 0 radical (unpaired) electrons. The summed E-state index contributed by atoms with van der Waals surface area (Å²) in [5, 5.41) is 2.84. The first-order valence-corrected chi connectivity index (χ1v) is 6.58. The van der Waals surface area contributed by atoms with Crippen LogP contribution >= 0.6 is 0 Å². The fourth-order valence-corrected chi connectivity index (χ4v) is 2.07. The Bertz CT molecular complexity index is 492. The zero-order chi connectivity index (χ0) is 15.3. The van der Waals surface area contributed by atoms with E-state index in [-0.39, 0.29) is 5.91 Å². The monoisotopic (exact) mass is 281 g/mol. The molecule has 0 aliphatic carbocycles. The number of carbonyl (C=O) groups is 2. The summed E-state index contributed by atoms with van der Waals surface area (Å²) in [5.74, 6) is -0.623. The molecule has 0 bridgehead atoms. The number of hydrogen-bond donors (Lipinski definition) is 2. The third-order valence-corrected chi connectivity index (χ3v) is 3.12. The third kappa shape index (κ3) is 3.84. The van der Waals surface area contributed by atoms with E-state index in [2.05, 4.69) is 15.2 Å². The molecule has 6 nitrogen and oxygen atoms in total. The summed E-state index contributed by atoms with van der Waals surface area (Å²) < 4.78 is 4.72. The van der Waals surface area contributed by atoms with Crippen LogP contribution in [0.2, 0.25) is 0 Å². The van der Waals surface area contributed by atoms with Crippen LogP contribution in [0.3, 0.4) is 0 Å². The summed E-state index contributed by atoms with van der Waals surface area (Å²) in [7, 11) is 5.31. The van der Waals surface area contributed by atoms with E-state index in [1.165, 1.54) is 7.11 Å². The van der Waals surface area contributed by atoms with Crippen molar-refractivity contribution in [1.29, 1.82) is 0 Å². The topological polar surface area (TPSA) is 74.4 Å². The molecule has 0 atom stereocenters. The molecule has 0 spiro atoms. The number of hydrogen-bond acceptors (Lipinski definition) is 4. The molecule has 1 amide bonds. The first-order valence-electron chi connectivity index (χ1n) is 6.58. The SMILES string of the molecule is COC(=O)c1c(C)[nH]c(C(=O)NCCCN(C)C)c1C. The van der Waals surface area contributed by atoms with Crippen molar-refractivity contribution < 1.29 is 14.3 Å². The summed E-state index contributed by atoms with van der Waals surface area (Å²) in [6, 6.07) is 0. The van der Waals surface area contributed by atoms with Gasteiger partial charge in [0, 0.05) is 12.2 Å². The second kappa shape index (κ2) is 7.09. The summed E-state index contributed by atoms with van der Waals surface area (Å²) in [6.07, 6.45) is 0.876. The number of ether oxygens (including phenoxy) is 1. The fraction of sp³-hybridized carbons (Fsp3) is 0.571. The van der Waals surface area contributed by atoms with Crippen LogP contribution in [-0.4, -0.2) is 56.1 Å². The quantitative estimate of drug-likeness (QED) is 0.605.